The van der Waals surface area contributed by atoms with Crippen molar-refractivity contribution in [3.8, 4) is 0 Å². The van der Waals surface area contributed by atoms with Crippen LogP contribution in [0.1, 0.15) is 35.4 Å². The monoisotopic (exact) mass is 297 g/mol. The summed E-state index contributed by atoms with van der Waals surface area (Å²) in [5.74, 6) is 1.77. The minimum absolute atomic E-state index is 0.681. The van der Waals surface area contributed by atoms with Gasteiger partial charge in [0.25, 0.3) is 0 Å². The van der Waals surface area contributed by atoms with Gasteiger partial charge in [-0.15, -0.1) is 0 Å². The van der Waals surface area contributed by atoms with Gasteiger partial charge in [0.05, 0.1) is 0 Å². The molecule has 1 N–H and O–H groups in total. The fraction of sp³-hybridized carbons (Fsp3) is 0.471. The van der Waals surface area contributed by atoms with Crippen LogP contribution in [0.2, 0.25) is 0 Å². The predicted molar refractivity (Wildman–Crippen MR) is 89.3 cm³/mol. The average Bonchev–Trinajstić information content (AvgIpc) is 3.02. The normalized spacial score (nSPS) is 14.4. The molecule has 116 valence electrons. The van der Waals surface area contributed by atoms with Crippen molar-refractivity contribution in [2.45, 2.75) is 40.2 Å². The number of rotatable bonds is 4. The van der Waals surface area contributed by atoms with Gasteiger partial charge >= 0.3 is 0 Å². The van der Waals surface area contributed by atoms with Crippen molar-refractivity contribution in [1.29, 1.82) is 0 Å². The third-order valence-electron chi connectivity index (χ3n) is 4.11. The number of nitrogens with one attached hydrogen (secondary N) is 1. The van der Waals surface area contributed by atoms with Crippen LogP contribution in [0.15, 0.2) is 18.3 Å². The van der Waals surface area contributed by atoms with E-state index in [0.29, 0.717) is 12.5 Å². The molecular formula is C17H23N5. The quantitative estimate of drug-likeness (QED) is 0.940. The highest BCUT2D eigenvalue weighted by molar-refractivity contribution is 5.44. The first-order chi connectivity index (χ1) is 10.6. The van der Waals surface area contributed by atoms with E-state index in [9.17, 15) is 0 Å². The molecule has 2 aromatic rings. The van der Waals surface area contributed by atoms with E-state index >= 15 is 0 Å². The van der Waals surface area contributed by atoms with Crippen molar-refractivity contribution < 1.29 is 0 Å². The van der Waals surface area contributed by atoms with E-state index < -0.39 is 0 Å². The Morgan fingerprint density at radius 1 is 1.09 bits per heavy atom. The molecule has 5 nitrogen and oxygen atoms in total. The minimum Gasteiger partial charge on any atom is -0.357 e. The Hall–Kier alpha value is -2.17. The van der Waals surface area contributed by atoms with Crippen LogP contribution in [0.25, 0.3) is 0 Å². The molecule has 1 saturated heterocycles. The van der Waals surface area contributed by atoms with Gasteiger partial charge in [-0.3, -0.25) is 0 Å². The predicted octanol–water partition coefficient (Wildman–Crippen LogP) is 3.01. The molecule has 2 aromatic heterocycles. The second-order valence-electron chi connectivity index (χ2n) is 5.98. The molecule has 3 heterocycles. The maximum absolute atomic E-state index is 4.66. The Balaban J connectivity index is 1.72. The molecule has 0 amide bonds. The first-order valence-corrected chi connectivity index (χ1v) is 7.88. The Morgan fingerprint density at radius 3 is 2.59 bits per heavy atom. The lowest BCUT2D eigenvalue weighted by Crippen LogP contribution is -2.19. The Kier molecular flexibility index (Phi) is 4.22. The molecule has 1 aliphatic rings. The minimum atomic E-state index is 0.681. The van der Waals surface area contributed by atoms with Crippen LogP contribution in [-0.2, 0) is 6.54 Å². The molecule has 0 aromatic carbocycles. The zero-order valence-electron chi connectivity index (χ0n) is 13.6. The van der Waals surface area contributed by atoms with E-state index in [1.807, 2.05) is 20.0 Å². The number of pyridine rings is 1. The van der Waals surface area contributed by atoms with Gasteiger partial charge in [-0.2, -0.15) is 0 Å². The summed E-state index contributed by atoms with van der Waals surface area (Å²) in [6, 6.07) is 4.29. The summed E-state index contributed by atoms with van der Waals surface area (Å²) < 4.78 is 0. The van der Waals surface area contributed by atoms with E-state index in [2.05, 4.69) is 44.2 Å². The third kappa shape index (κ3) is 3.35. The number of aryl methyl sites for hydroxylation is 3. The highest BCUT2D eigenvalue weighted by Gasteiger charge is 2.14. The Bertz CT molecular complexity index is 662. The van der Waals surface area contributed by atoms with Gasteiger partial charge < -0.3 is 10.2 Å². The molecule has 0 aliphatic carbocycles. The third-order valence-corrected chi connectivity index (χ3v) is 4.11. The van der Waals surface area contributed by atoms with Gasteiger partial charge in [0.15, 0.2) is 0 Å². The molecule has 0 saturated carbocycles. The molecule has 5 heteroatoms. The lowest BCUT2D eigenvalue weighted by molar-refractivity contribution is 0.920. The van der Waals surface area contributed by atoms with Crippen molar-refractivity contribution in [3.63, 3.8) is 0 Å². The van der Waals surface area contributed by atoms with Crippen molar-refractivity contribution in [3.05, 3.63) is 40.8 Å². The van der Waals surface area contributed by atoms with Gasteiger partial charge in [-0.05, 0) is 56.9 Å². The fourth-order valence-corrected chi connectivity index (χ4v) is 2.72. The smallest absolute Gasteiger partial charge is 0.223 e. The fourth-order valence-electron chi connectivity index (χ4n) is 2.72. The van der Waals surface area contributed by atoms with Crippen molar-refractivity contribution in [2.75, 3.05) is 23.3 Å². The van der Waals surface area contributed by atoms with Gasteiger partial charge in [0.2, 0.25) is 5.95 Å². The Labute approximate surface area is 131 Å². The van der Waals surface area contributed by atoms with Crippen LogP contribution < -0.4 is 10.2 Å². The second kappa shape index (κ2) is 6.30. The van der Waals surface area contributed by atoms with Gasteiger partial charge in [-0.1, -0.05) is 0 Å². The molecule has 1 fully saturated rings. The summed E-state index contributed by atoms with van der Waals surface area (Å²) in [5.41, 5.74) is 4.40. The largest absolute Gasteiger partial charge is 0.357 e. The topological polar surface area (TPSA) is 53.9 Å². The summed E-state index contributed by atoms with van der Waals surface area (Å²) in [7, 11) is 0. The zero-order chi connectivity index (χ0) is 15.5. The lowest BCUT2D eigenvalue weighted by atomic mass is 10.2. The van der Waals surface area contributed by atoms with Crippen molar-refractivity contribution in [2.24, 2.45) is 0 Å². The number of nitrogens with zero attached hydrogens (tertiary/aromatic N) is 4. The zero-order valence-corrected chi connectivity index (χ0v) is 13.6. The molecule has 0 atom stereocenters. The summed E-state index contributed by atoms with van der Waals surface area (Å²) >= 11 is 0. The van der Waals surface area contributed by atoms with E-state index in [0.717, 1.165) is 35.9 Å². The maximum atomic E-state index is 4.66. The summed E-state index contributed by atoms with van der Waals surface area (Å²) in [6.45, 7) is 9.02. The summed E-state index contributed by atoms with van der Waals surface area (Å²) in [4.78, 5) is 15.8. The number of hydrogen-bond acceptors (Lipinski definition) is 5. The maximum Gasteiger partial charge on any atom is 0.223 e. The highest BCUT2D eigenvalue weighted by atomic mass is 15.2. The van der Waals surface area contributed by atoms with Gasteiger partial charge in [-0.25, -0.2) is 15.0 Å². The van der Waals surface area contributed by atoms with Crippen LogP contribution in [0, 0.1) is 20.8 Å². The van der Waals surface area contributed by atoms with Crippen LogP contribution >= 0.6 is 0 Å². The Morgan fingerprint density at radius 2 is 1.86 bits per heavy atom. The number of hydrogen-bond donors (Lipinski definition) is 1. The first-order valence-electron chi connectivity index (χ1n) is 7.88. The van der Waals surface area contributed by atoms with Gasteiger partial charge in [0, 0.05) is 37.2 Å². The SMILES string of the molecule is Cc1cc(CNc2ncc(C)c(C)n2)cc(N2CCCC2)n1. The van der Waals surface area contributed by atoms with Crippen LogP contribution in [0.5, 0.6) is 0 Å². The average molecular weight is 297 g/mol. The summed E-state index contributed by atoms with van der Waals surface area (Å²) in [6.07, 6.45) is 4.39. The second-order valence-corrected chi connectivity index (χ2v) is 5.98. The van der Waals surface area contributed by atoms with Gasteiger partial charge in [0.1, 0.15) is 5.82 Å². The molecule has 0 bridgehead atoms. The van der Waals surface area contributed by atoms with Crippen molar-refractivity contribution >= 4 is 11.8 Å². The molecule has 22 heavy (non-hydrogen) atoms. The number of aromatic nitrogens is 3. The van der Waals surface area contributed by atoms with Crippen LogP contribution in [0.4, 0.5) is 11.8 Å². The standard InChI is InChI=1S/C17H23N5/c1-12-10-18-17(21-14(12)3)19-11-15-8-13(2)20-16(9-15)22-6-4-5-7-22/h8-10H,4-7,11H2,1-3H3,(H,18,19,21). The molecule has 1 aliphatic heterocycles. The molecule has 3 rings (SSSR count). The van der Waals surface area contributed by atoms with E-state index in [4.69, 9.17) is 0 Å². The highest BCUT2D eigenvalue weighted by Crippen LogP contribution is 2.20. The first kappa shape index (κ1) is 14.8. The van der Waals surface area contributed by atoms with E-state index in [1.54, 1.807) is 0 Å². The summed E-state index contributed by atoms with van der Waals surface area (Å²) in [5, 5.41) is 3.31. The molecule has 0 unspecified atom stereocenters. The van der Waals surface area contributed by atoms with E-state index in [-0.39, 0.29) is 0 Å². The lowest BCUT2D eigenvalue weighted by Gasteiger charge is -2.18. The van der Waals surface area contributed by atoms with Crippen LogP contribution in [-0.4, -0.2) is 28.0 Å². The molecule has 0 radical (unpaired) electrons. The van der Waals surface area contributed by atoms with Crippen LogP contribution in [0.3, 0.4) is 0 Å². The number of anilines is 2. The van der Waals surface area contributed by atoms with E-state index in [1.165, 1.54) is 18.4 Å². The molecular weight excluding hydrogens is 274 g/mol. The van der Waals surface area contributed by atoms with Crippen molar-refractivity contribution in [1.82, 2.24) is 15.0 Å². The molecule has 0 spiro atoms.